The molecule has 0 saturated carbocycles. The number of nitrogens with zero attached hydrogens (tertiary/aromatic N) is 1. The van der Waals surface area contributed by atoms with Crippen LogP contribution in [0.4, 0.5) is 4.79 Å². The summed E-state index contributed by atoms with van der Waals surface area (Å²) in [5, 5.41) is 21.9. The lowest BCUT2D eigenvalue weighted by Crippen LogP contribution is -2.44. The Morgan fingerprint density at radius 3 is 2.56 bits per heavy atom. The highest BCUT2D eigenvalue weighted by Crippen LogP contribution is 2.22. The molecule has 8 nitrogen and oxygen atoms in total. The van der Waals surface area contributed by atoms with E-state index in [1.54, 1.807) is 39.0 Å². The Morgan fingerprint density at radius 1 is 1.30 bits per heavy atom. The summed E-state index contributed by atoms with van der Waals surface area (Å²) < 4.78 is 10.4. The van der Waals surface area contributed by atoms with Crippen molar-refractivity contribution in [1.29, 1.82) is 0 Å². The van der Waals surface area contributed by atoms with Gasteiger partial charge in [-0.1, -0.05) is 12.1 Å². The van der Waals surface area contributed by atoms with Crippen molar-refractivity contribution in [2.75, 3.05) is 26.3 Å². The zero-order valence-corrected chi connectivity index (χ0v) is 16.0. The smallest absolute Gasteiger partial charge is 0.408 e. The van der Waals surface area contributed by atoms with Gasteiger partial charge in [0.25, 0.3) is 0 Å². The number of amides is 1. The molecule has 1 aromatic carbocycles. The normalized spacial score (nSPS) is 16.6. The number of nitrogens with one attached hydrogen (secondary N) is 1. The summed E-state index contributed by atoms with van der Waals surface area (Å²) in [5.41, 5.74) is 0.715. The summed E-state index contributed by atoms with van der Waals surface area (Å²) in [6, 6.07) is 3.86. The Morgan fingerprint density at radius 2 is 1.96 bits per heavy atom. The molecule has 1 aliphatic heterocycles. The minimum absolute atomic E-state index is 0.0883. The fourth-order valence-corrected chi connectivity index (χ4v) is 2.78. The van der Waals surface area contributed by atoms with Gasteiger partial charge >= 0.3 is 12.1 Å². The first-order valence-corrected chi connectivity index (χ1v) is 8.97. The molecule has 1 aromatic rings. The molecule has 1 atom stereocenters. The third kappa shape index (κ3) is 7.07. The third-order valence-electron chi connectivity index (χ3n) is 4.07. The van der Waals surface area contributed by atoms with E-state index in [2.05, 4.69) is 10.2 Å². The van der Waals surface area contributed by atoms with Gasteiger partial charge in [0.2, 0.25) is 0 Å². The SMILES string of the molecule is CC(C)(C)OC(=O)NC(Cc1ccc(O)c(CN2CCOCC2)c1)C(=O)O. The number of phenolic OH excluding ortho intramolecular Hbond substituents is 1. The summed E-state index contributed by atoms with van der Waals surface area (Å²) in [6.45, 7) is 8.55. The number of morpholine rings is 1. The maximum absolute atomic E-state index is 11.9. The molecule has 2 rings (SSSR count). The van der Waals surface area contributed by atoms with E-state index < -0.39 is 23.7 Å². The molecule has 1 fully saturated rings. The second kappa shape index (κ2) is 9.05. The van der Waals surface area contributed by atoms with Crippen LogP contribution in [0.3, 0.4) is 0 Å². The van der Waals surface area contributed by atoms with Crippen LogP contribution in [0.1, 0.15) is 31.9 Å². The van der Waals surface area contributed by atoms with Crippen molar-refractivity contribution >= 4 is 12.1 Å². The van der Waals surface area contributed by atoms with Gasteiger partial charge in [-0.25, -0.2) is 9.59 Å². The number of hydrogen-bond donors (Lipinski definition) is 3. The Balaban J connectivity index is 2.05. The number of carbonyl (C=O) groups excluding carboxylic acids is 1. The molecular weight excluding hydrogens is 352 g/mol. The molecule has 0 bridgehead atoms. The van der Waals surface area contributed by atoms with Crippen LogP contribution in [-0.2, 0) is 27.2 Å². The Bertz CT molecular complexity index is 665. The second-order valence-electron chi connectivity index (χ2n) is 7.59. The van der Waals surface area contributed by atoms with E-state index in [0.717, 1.165) is 18.7 Å². The largest absolute Gasteiger partial charge is 0.508 e. The third-order valence-corrected chi connectivity index (χ3v) is 4.07. The highest BCUT2D eigenvalue weighted by Gasteiger charge is 2.24. The highest BCUT2D eigenvalue weighted by molar-refractivity contribution is 5.80. The molecule has 1 saturated heterocycles. The summed E-state index contributed by atoms with van der Waals surface area (Å²) in [6.07, 6.45) is -0.687. The number of benzene rings is 1. The molecule has 0 aliphatic carbocycles. The fourth-order valence-electron chi connectivity index (χ4n) is 2.78. The first kappa shape index (κ1) is 21.0. The minimum atomic E-state index is -1.15. The van der Waals surface area contributed by atoms with Crippen LogP contribution < -0.4 is 5.32 Å². The van der Waals surface area contributed by atoms with Crippen molar-refractivity contribution in [3.63, 3.8) is 0 Å². The number of carboxylic acid groups (broad SMARTS) is 1. The Hall–Kier alpha value is -2.32. The number of ether oxygens (including phenoxy) is 2. The summed E-state index contributed by atoms with van der Waals surface area (Å²) in [4.78, 5) is 25.6. The maximum Gasteiger partial charge on any atom is 0.408 e. The molecule has 1 heterocycles. The quantitative estimate of drug-likeness (QED) is 0.690. The predicted molar refractivity (Wildman–Crippen MR) is 98.7 cm³/mol. The van der Waals surface area contributed by atoms with E-state index >= 15 is 0 Å². The number of hydrogen-bond acceptors (Lipinski definition) is 6. The van der Waals surface area contributed by atoms with E-state index in [1.807, 2.05) is 0 Å². The van der Waals surface area contributed by atoms with Crippen LogP contribution in [-0.4, -0.2) is 65.1 Å². The summed E-state index contributed by atoms with van der Waals surface area (Å²) in [7, 11) is 0. The van der Waals surface area contributed by atoms with Crippen LogP contribution in [0.25, 0.3) is 0 Å². The van der Waals surface area contributed by atoms with Crippen molar-refractivity contribution in [1.82, 2.24) is 10.2 Å². The lowest BCUT2D eigenvalue weighted by Gasteiger charge is -2.27. The molecular formula is C19H28N2O6. The standard InChI is InChI=1S/C19H28N2O6/c1-19(2,3)27-18(25)20-15(17(23)24)11-13-4-5-16(22)14(10-13)12-21-6-8-26-9-7-21/h4-5,10,15,22H,6-9,11-12H2,1-3H3,(H,20,25)(H,23,24). The molecule has 8 heteroatoms. The van der Waals surface area contributed by atoms with Gasteiger partial charge in [0, 0.05) is 31.6 Å². The Kier molecular flexibility index (Phi) is 7.04. The average molecular weight is 380 g/mol. The number of alkyl carbamates (subject to hydrolysis) is 1. The van der Waals surface area contributed by atoms with Gasteiger partial charge in [0.15, 0.2) is 0 Å². The van der Waals surface area contributed by atoms with E-state index in [4.69, 9.17) is 9.47 Å². The highest BCUT2D eigenvalue weighted by atomic mass is 16.6. The van der Waals surface area contributed by atoms with E-state index in [-0.39, 0.29) is 12.2 Å². The number of carbonyl (C=O) groups is 2. The molecule has 1 aliphatic rings. The van der Waals surface area contributed by atoms with Gasteiger partial charge in [0.05, 0.1) is 13.2 Å². The van der Waals surface area contributed by atoms with Crippen molar-refractivity contribution < 1.29 is 29.3 Å². The number of rotatable bonds is 6. The van der Waals surface area contributed by atoms with E-state index in [1.165, 1.54) is 0 Å². The van der Waals surface area contributed by atoms with Crippen LogP contribution >= 0.6 is 0 Å². The van der Waals surface area contributed by atoms with Crippen LogP contribution in [0, 0.1) is 0 Å². The lowest BCUT2D eigenvalue weighted by molar-refractivity contribution is -0.139. The van der Waals surface area contributed by atoms with Crippen LogP contribution in [0.2, 0.25) is 0 Å². The summed E-state index contributed by atoms with van der Waals surface area (Å²) >= 11 is 0. The van der Waals surface area contributed by atoms with Gasteiger partial charge in [0.1, 0.15) is 17.4 Å². The van der Waals surface area contributed by atoms with Crippen LogP contribution in [0.5, 0.6) is 5.75 Å². The topological polar surface area (TPSA) is 108 Å². The molecule has 0 radical (unpaired) electrons. The lowest BCUT2D eigenvalue weighted by atomic mass is 10.0. The van der Waals surface area contributed by atoms with Crippen LogP contribution in [0.15, 0.2) is 18.2 Å². The summed E-state index contributed by atoms with van der Waals surface area (Å²) in [5.74, 6) is -0.985. The average Bonchev–Trinajstić information content (AvgIpc) is 2.56. The van der Waals surface area contributed by atoms with Crippen molar-refractivity contribution in [3.05, 3.63) is 29.3 Å². The number of carboxylic acids is 1. The Labute approximate surface area is 159 Å². The van der Waals surface area contributed by atoms with Gasteiger partial charge in [-0.15, -0.1) is 0 Å². The molecule has 27 heavy (non-hydrogen) atoms. The molecule has 0 aromatic heterocycles. The van der Waals surface area contributed by atoms with Gasteiger partial charge in [-0.3, -0.25) is 4.90 Å². The molecule has 150 valence electrons. The van der Waals surface area contributed by atoms with Crippen molar-refractivity contribution in [3.8, 4) is 5.75 Å². The molecule has 1 amide bonds. The predicted octanol–water partition coefficient (Wildman–Crippen LogP) is 1.74. The van der Waals surface area contributed by atoms with Crippen molar-refractivity contribution in [2.24, 2.45) is 0 Å². The second-order valence-corrected chi connectivity index (χ2v) is 7.59. The zero-order chi connectivity index (χ0) is 20.0. The maximum atomic E-state index is 11.9. The van der Waals surface area contributed by atoms with E-state index in [0.29, 0.717) is 25.3 Å². The first-order chi connectivity index (χ1) is 12.6. The van der Waals surface area contributed by atoms with Gasteiger partial charge in [-0.05, 0) is 32.4 Å². The number of aliphatic carboxylic acids is 1. The molecule has 0 spiro atoms. The van der Waals surface area contributed by atoms with Gasteiger partial charge < -0.3 is 25.0 Å². The van der Waals surface area contributed by atoms with Gasteiger partial charge in [-0.2, -0.15) is 0 Å². The zero-order valence-electron chi connectivity index (χ0n) is 16.0. The number of phenols is 1. The minimum Gasteiger partial charge on any atom is -0.508 e. The number of aromatic hydroxyl groups is 1. The van der Waals surface area contributed by atoms with E-state index in [9.17, 15) is 19.8 Å². The monoisotopic (exact) mass is 380 g/mol. The fraction of sp³-hybridized carbons (Fsp3) is 0.579. The molecule has 3 N–H and O–H groups in total. The van der Waals surface area contributed by atoms with Crippen molar-refractivity contribution in [2.45, 2.75) is 45.4 Å². The first-order valence-electron chi connectivity index (χ1n) is 8.97. The molecule has 1 unspecified atom stereocenters.